The maximum atomic E-state index is 12.3. The first-order valence-electron chi connectivity index (χ1n) is 8.20. The molecule has 0 spiro atoms. The zero-order valence-corrected chi connectivity index (χ0v) is 14.2. The predicted octanol–water partition coefficient (Wildman–Crippen LogP) is 2.71. The molecule has 2 aromatic rings. The van der Waals surface area contributed by atoms with Crippen LogP contribution in [0, 0.1) is 0 Å². The third kappa shape index (κ3) is 4.84. The smallest absolute Gasteiger partial charge is 0.259 e. The first-order valence-corrected chi connectivity index (χ1v) is 8.20. The molecule has 1 aromatic carbocycles. The van der Waals surface area contributed by atoms with Gasteiger partial charge in [-0.3, -0.25) is 4.79 Å². The summed E-state index contributed by atoms with van der Waals surface area (Å²) < 4.78 is 11.0. The van der Waals surface area contributed by atoms with Crippen LogP contribution in [-0.4, -0.2) is 37.0 Å². The molecule has 6 nitrogen and oxygen atoms in total. The summed E-state index contributed by atoms with van der Waals surface area (Å²) in [4.78, 5) is 14.6. The highest BCUT2D eigenvalue weighted by atomic mass is 16.5. The Morgan fingerprint density at radius 2 is 2.04 bits per heavy atom. The average Bonchev–Trinajstić information content (AvgIpc) is 3.09. The van der Waals surface area contributed by atoms with Gasteiger partial charge in [-0.1, -0.05) is 26.0 Å². The Morgan fingerprint density at radius 1 is 1.29 bits per heavy atom. The number of ether oxygens (including phenoxy) is 1. The third-order valence-corrected chi connectivity index (χ3v) is 3.81. The van der Waals surface area contributed by atoms with Crippen LogP contribution in [0.25, 0.3) is 0 Å². The minimum absolute atomic E-state index is 0.252. The summed E-state index contributed by atoms with van der Waals surface area (Å²) in [5.74, 6) is 0.975. The number of rotatable bonds is 9. The quantitative estimate of drug-likeness (QED) is 0.738. The number of likely N-dealkylation sites (N-methyl/N-ethyl adjacent to an activating group) is 1. The summed E-state index contributed by atoms with van der Waals surface area (Å²) >= 11 is 0. The molecule has 2 rings (SSSR count). The van der Waals surface area contributed by atoms with E-state index < -0.39 is 0 Å². The normalized spacial score (nSPS) is 10.8. The lowest BCUT2D eigenvalue weighted by Crippen LogP contribution is -2.28. The van der Waals surface area contributed by atoms with Crippen molar-refractivity contribution in [1.29, 1.82) is 0 Å². The standard InChI is InChI=1S/C18H25N3O3/c1-3-21(4-2)9-10-23-17-8-6-5-7-16(17)20-18(22)14-11-15(12-19)24-13-14/h5-8,11,13H,3-4,9-10,12,19H2,1-2H3,(H,20,22). The van der Waals surface area contributed by atoms with Gasteiger partial charge in [-0.2, -0.15) is 0 Å². The van der Waals surface area contributed by atoms with Crippen LogP contribution in [0.5, 0.6) is 5.75 Å². The second-order valence-corrected chi connectivity index (χ2v) is 5.33. The average molecular weight is 331 g/mol. The van der Waals surface area contributed by atoms with E-state index >= 15 is 0 Å². The summed E-state index contributed by atoms with van der Waals surface area (Å²) in [5.41, 5.74) is 6.57. The molecule has 130 valence electrons. The molecule has 3 N–H and O–H groups in total. The second kappa shape index (κ2) is 9.10. The molecule has 0 atom stereocenters. The van der Waals surface area contributed by atoms with E-state index in [0.29, 0.717) is 29.4 Å². The van der Waals surface area contributed by atoms with E-state index in [4.69, 9.17) is 14.9 Å². The van der Waals surface area contributed by atoms with Crippen LogP contribution in [0.3, 0.4) is 0 Å². The van der Waals surface area contributed by atoms with Gasteiger partial charge in [0.05, 0.1) is 17.8 Å². The van der Waals surface area contributed by atoms with Crippen molar-refractivity contribution in [2.24, 2.45) is 5.73 Å². The topological polar surface area (TPSA) is 80.7 Å². The van der Waals surface area contributed by atoms with Gasteiger partial charge in [0.15, 0.2) is 0 Å². The van der Waals surface area contributed by atoms with E-state index in [1.54, 1.807) is 6.07 Å². The van der Waals surface area contributed by atoms with E-state index in [2.05, 4.69) is 24.1 Å². The number of anilines is 1. The molecular formula is C18H25N3O3. The molecule has 0 bridgehead atoms. The predicted molar refractivity (Wildman–Crippen MR) is 94.3 cm³/mol. The monoisotopic (exact) mass is 331 g/mol. The molecule has 0 fully saturated rings. The van der Waals surface area contributed by atoms with Crippen LogP contribution in [0.15, 0.2) is 41.0 Å². The number of benzene rings is 1. The van der Waals surface area contributed by atoms with Gasteiger partial charge in [0.1, 0.15) is 24.4 Å². The van der Waals surface area contributed by atoms with Gasteiger partial charge in [-0.15, -0.1) is 0 Å². The van der Waals surface area contributed by atoms with Crippen LogP contribution in [-0.2, 0) is 6.54 Å². The maximum absolute atomic E-state index is 12.3. The molecule has 24 heavy (non-hydrogen) atoms. The molecule has 0 aliphatic rings. The van der Waals surface area contributed by atoms with Crippen molar-refractivity contribution < 1.29 is 13.9 Å². The molecule has 6 heteroatoms. The number of para-hydroxylation sites is 2. The van der Waals surface area contributed by atoms with E-state index in [1.807, 2.05) is 24.3 Å². The Morgan fingerprint density at radius 3 is 2.71 bits per heavy atom. The zero-order chi connectivity index (χ0) is 17.4. The lowest BCUT2D eigenvalue weighted by Gasteiger charge is -2.19. The maximum Gasteiger partial charge on any atom is 0.259 e. The Labute approximate surface area is 142 Å². The van der Waals surface area contributed by atoms with Crippen molar-refractivity contribution in [2.45, 2.75) is 20.4 Å². The van der Waals surface area contributed by atoms with Crippen LogP contribution in [0.2, 0.25) is 0 Å². The fraction of sp³-hybridized carbons (Fsp3) is 0.389. The highest BCUT2D eigenvalue weighted by molar-refractivity contribution is 6.04. The Bertz CT molecular complexity index is 650. The number of furan rings is 1. The third-order valence-electron chi connectivity index (χ3n) is 3.81. The van der Waals surface area contributed by atoms with Crippen LogP contribution >= 0.6 is 0 Å². The Kier molecular flexibility index (Phi) is 6.84. The summed E-state index contributed by atoms with van der Waals surface area (Å²) in [7, 11) is 0. The largest absolute Gasteiger partial charge is 0.490 e. The van der Waals surface area contributed by atoms with Crippen molar-refractivity contribution in [3.8, 4) is 5.75 Å². The van der Waals surface area contributed by atoms with Crippen molar-refractivity contribution in [1.82, 2.24) is 4.90 Å². The van der Waals surface area contributed by atoms with Crippen molar-refractivity contribution in [2.75, 3.05) is 31.6 Å². The van der Waals surface area contributed by atoms with Gasteiger partial charge >= 0.3 is 0 Å². The highest BCUT2D eigenvalue weighted by Crippen LogP contribution is 2.24. The lowest BCUT2D eigenvalue weighted by molar-refractivity contribution is 0.102. The van der Waals surface area contributed by atoms with Crippen LogP contribution < -0.4 is 15.8 Å². The molecule has 0 aliphatic heterocycles. The van der Waals surface area contributed by atoms with Gasteiger partial charge in [-0.25, -0.2) is 0 Å². The van der Waals surface area contributed by atoms with E-state index in [-0.39, 0.29) is 12.5 Å². The number of nitrogens with two attached hydrogens (primary N) is 1. The number of nitrogens with one attached hydrogen (secondary N) is 1. The summed E-state index contributed by atoms with van der Waals surface area (Å²) in [6, 6.07) is 9.03. The number of hydrogen-bond acceptors (Lipinski definition) is 5. The fourth-order valence-electron chi connectivity index (χ4n) is 2.32. The molecule has 0 saturated heterocycles. The van der Waals surface area contributed by atoms with E-state index in [0.717, 1.165) is 19.6 Å². The van der Waals surface area contributed by atoms with Crippen LogP contribution in [0.4, 0.5) is 5.69 Å². The van der Waals surface area contributed by atoms with Gasteiger partial charge in [-0.05, 0) is 31.3 Å². The fourth-order valence-corrected chi connectivity index (χ4v) is 2.32. The number of carbonyl (C=O) groups is 1. The van der Waals surface area contributed by atoms with Crippen molar-refractivity contribution >= 4 is 11.6 Å². The molecule has 0 saturated carbocycles. The summed E-state index contributed by atoms with van der Waals surface area (Å²) in [6.45, 7) is 7.90. The number of amides is 1. The molecule has 1 amide bonds. The van der Waals surface area contributed by atoms with E-state index in [9.17, 15) is 4.79 Å². The van der Waals surface area contributed by atoms with Crippen LogP contribution in [0.1, 0.15) is 30.0 Å². The summed E-state index contributed by atoms with van der Waals surface area (Å²) in [6.07, 6.45) is 1.40. The van der Waals surface area contributed by atoms with E-state index in [1.165, 1.54) is 6.26 Å². The summed E-state index contributed by atoms with van der Waals surface area (Å²) in [5, 5.41) is 2.85. The van der Waals surface area contributed by atoms with Gasteiger partial charge < -0.3 is 25.1 Å². The van der Waals surface area contributed by atoms with Gasteiger partial charge in [0.25, 0.3) is 5.91 Å². The lowest BCUT2D eigenvalue weighted by atomic mass is 10.2. The van der Waals surface area contributed by atoms with Gasteiger partial charge in [0, 0.05) is 6.54 Å². The molecule has 0 unspecified atom stereocenters. The van der Waals surface area contributed by atoms with Crippen molar-refractivity contribution in [3.63, 3.8) is 0 Å². The second-order valence-electron chi connectivity index (χ2n) is 5.33. The zero-order valence-electron chi connectivity index (χ0n) is 14.2. The first kappa shape index (κ1) is 18.0. The number of nitrogens with zero attached hydrogens (tertiary/aromatic N) is 1. The highest BCUT2D eigenvalue weighted by Gasteiger charge is 2.12. The molecule has 1 aromatic heterocycles. The molecule has 0 aliphatic carbocycles. The van der Waals surface area contributed by atoms with Gasteiger partial charge in [0.2, 0.25) is 0 Å². The SMILES string of the molecule is CCN(CC)CCOc1ccccc1NC(=O)c1coc(CN)c1. The number of hydrogen-bond donors (Lipinski definition) is 2. The minimum Gasteiger partial charge on any atom is -0.490 e. The minimum atomic E-state index is -0.252. The van der Waals surface area contributed by atoms with Crippen molar-refractivity contribution in [3.05, 3.63) is 47.9 Å². The number of carbonyl (C=O) groups excluding carboxylic acids is 1. The Balaban J connectivity index is 1.99. The Hall–Kier alpha value is -2.31. The molecule has 0 radical (unpaired) electrons. The molecular weight excluding hydrogens is 306 g/mol. The molecule has 1 heterocycles. The first-order chi connectivity index (χ1) is 11.7.